The Morgan fingerprint density at radius 1 is 0.667 bits per heavy atom. The fourth-order valence-electron chi connectivity index (χ4n) is 2.52. The number of benzene rings is 2. The van der Waals surface area contributed by atoms with Crippen LogP contribution in [0.5, 0.6) is 0 Å². The van der Waals surface area contributed by atoms with Gasteiger partial charge in [0.25, 0.3) is 0 Å². The van der Waals surface area contributed by atoms with Gasteiger partial charge in [-0.2, -0.15) is 0 Å². The summed E-state index contributed by atoms with van der Waals surface area (Å²) in [4.78, 5) is 0.125. The predicted octanol–water partition coefficient (Wildman–Crippen LogP) is 1.15. The first-order valence-electron chi connectivity index (χ1n) is 7.52. The molecule has 0 saturated heterocycles. The van der Waals surface area contributed by atoms with Crippen LogP contribution in [0, 0.1) is 0 Å². The highest BCUT2D eigenvalue weighted by atomic mass is 32.2. The summed E-state index contributed by atoms with van der Waals surface area (Å²) in [6.07, 6.45) is 0.237. The summed E-state index contributed by atoms with van der Waals surface area (Å²) in [5, 5.41) is 18.4. The molecule has 24 heavy (non-hydrogen) atoms. The van der Waals surface area contributed by atoms with Gasteiger partial charge in [-0.3, -0.25) is 0 Å². The van der Waals surface area contributed by atoms with Crippen molar-refractivity contribution in [3.63, 3.8) is 0 Å². The minimum Gasteiger partial charge on any atom is -0.396 e. The maximum absolute atomic E-state index is 12.4. The van der Waals surface area contributed by atoms with E-state index in [-0.39, 0.29) is 47.4 Å². The van der Waals surface area contributed by atoms with Gasteiger partial charge in [-0.15, -0.1) is 0 Å². The van der Waals surface area contributed by atoms with E-state index in [1.54, 1.807) is 12.1 Å². The van der Waals surface area contributed by atoms with E-state index in [1.165, 1.54) is 24.3 Å². The molecule has 132 valence electrons. The molecule has 0 heterocycles. The Hall–Kier alpha value is -1.48. The number of rotatable bonds is 8. The zero-order valence-electron chi connectivity index (χ0n) is 13.1. The first-order chi connectivity index (χ1) is 11.3. The van der Waals surface area contributed by atoms with Crippen molar-refractivity contribution in [2.24, 2.45) is 0 Å². The minimum absolute atomic E-state index is 0.0626. The number of aliphatic hydroxyl groups excluding tert-OH is 2. The topological polar surface area (TPSA) is 109 Å². The highest BCUT2D eigenvalue weighted by Gasteiger charge is 2.21. The molecule has 2 rings (SSSR count). The molecule has 0 aliphatic rings. The van der Waals surface area contributed by atoms with Crippen LogP contribution >= 0.6 is 0 Å². The van der Waals surface area contributed by atoms with Crippen molar-refractivity contribution in [3.05, 3.63) is 36.4 Å². The number of hydrogen-bond donors (Lipinski definition) is 2. The molecule has 2 aromatic rings. The molecule has 0 unspecified atom stereocenters. The van der Waals surface area contributed by atoms with E-state index >= 15 is 0 Å². The van der Waals surface area contributed by atoms with Gasteiger partial charge >= 0.3 is 0 Å². The first kappa shape index (κ1) is 18.9. The molecular weight excluding hydrogens is 352 g/mol. The van der Waals surface area contributed by atoms with Gasteiger partial charge in [0, 0.05) is 24.0 Å². The molecule has 0 aromatic heterocycles. The minimum atomic E-state index is -3.62. The van der Waals surface area contributed by atoms with Crippen LogP contribution < -0.4 is 0 Å². The lowest BCUT2D eigenvalue weighted by Gasteiger charge is -2.11. The molecule has 0 radical (unpaired) electrons. The van der Waals surface area contributed by atoms with Crippen molar-refractivity contribution in [2.75, 3.05) is 24.7 Å². The highest BCUT2D eigenvalue weighted by Crippen LogP contribution is 2.30. The van der Waals surface area contributed by atoms with Crippen LogP contribution in [0.15, 0.2) is 46.2 Å². The number of sulfone groups is 2. The molecule has 0 saturated carbocycles. The van der Waals surface area contributed by atoms with Crippen molar-refractivity contribution in [1.82, 2.24) is 0 Å². The Morgan fingerprint density at radius 3 is 1.38 bits per heavy atom. The van der Waals surface area contributed by atoms with Crippen LogP contribution in [-0.4, -0.2) is 51.8 Å². The van der Waals surface area contributed by atoms with Crippen LogP contribution in [0.1, 0.15) is 12.8 Å². The Balaban J connectivity index is 2.63. The fraction of sp³-hybridized carbons (Fsp3) is 0.375. The quantitative estimate of drug-likeness (QED) is 0.720. The summed E-state index contributed by atoms with van der Waals surface area (Å²) in [7, 11) is -7.25. The molecular formula is C16H20O6S2. The van der Waals surface area contributed by atoms with Gasteiger partial charge in [0.15, 0.2) is 19.7 Å². The summed E-state index contributed by atoms with van der Waals surface area (Å²) in [5.74, 6) is -0.409. The second-order valence-corrected chi connectivity index (χ2v) is 9.55. The zero-order valence-corrected chi connectivity index (χ0v) is 14.7. The van der Waals surface area contributed by atoms with Crippen molar-refractivity contribution in [1.29, 1.82) is 0 Å². The van der Waals surface area contributed by atoms with Gasteiger partial charge < -0.3 is 10.2 Å². The van der Waals surface area contributed by atoms with E-state index in [0.29, 0.717) is 10.8 Å². The normalized spacial score (nSPS) is 12.6. The van der Waals surface area contributed by atoms with E-state index in [4.69, 9.17) is 10.2 Å². The second kappa shape index (κ2) is 7.60. The van der Waals surface area contributed by atoms with Gasteiger partial charge in [0.2, 0.25) is 0 Å². The first-order valence-corrected chi connectivity index (χ1v) is 10.8. The molecule has 0 fully saturated rings. The number of fused-ring (bicyclic) bond motifs is 1. The standard InChI is InChI=1S/C16H20O6S2/c17-9-3-11-23(19,20)15-7-1-5-13-14(15)6-2-8-16(13)24(21,22)12-4-10-18/h1-2,5-8,17-18H,3-4,9-12H2. The molecule has 0 aliphatic carbocycles. The molecule has 0 atom stereocenters. The average molecular weight is 372 g/mol. The van der Waals surface area contributed by atoms with E-state index < -0.39 is 19.7 Å². The summed E-state index contributed by atoms with van der Waals surface area (Å²) in [6, 6.07) is 9.06. The van der Waals surface area contributed by atoms with Crippen LogP contribution in [0.3, 0.4) is 0 Å². The molecule has 0 bridgehead atoms. The molecule has 0 amide bonds. The van der Waals surface area contributed by atoms with Crippen LogP contribution in [-0.2, 0) is 19.7 Å². The van der Waals surface area contributed by atoms with Crippen molar-refractivity contribution in [2.45, 2.75) is 22.6 Å². The zero-order chi connectivity index (χ0) is 17.8. The number of aliphatic hydroxyl groups is 2. The van der Waals surface area contributed by atoms with Gasteiger partial charge in [0.1, 0.15) is 0 Å². The SMILES string of the molecule is O=S(=O)(CCCO)c1cccc2c(S(=O)(=O)CCCO)cccc12. The Kier molecular flexibility index (Phi) is 5.97. The third kappa shape index (κ3) is 3.94. The molecule has 8 heteroatoms. The number of hydrogen-bond acceptors (Lipinski definition) is 6. The van der Waals surface area contributed by atoms with Crippen LogP contribution in [0.4, 0.5) is 0 Å². The third-order valence-electron chi connectivity index (χ3n) is 3.65. The van der Waals surface area contributed by atoms with Crippen molar-refractivity contribution >= 4 is 30.4 Å². The average Bonchev–Trinajstić information content (AvgIpc) is 2.57. The predicted molar refractivity (Wildman–Crippen MR) is 91.5 cm³/mol. The lowest BCUT2D eigenvalue weighted by Crippen LogP contribution is -2.11. The Morgan fingerprint density at radius 2 is 1.04 bits per heavy atom. The maximum atomic E-state index is 12.4. The molecule has 0 spiro atoms. The Labute approximate surface area is 141 Å². The summed E-state index contributed by atoms with van der Waals surface area (Å²) < 4.78 is 49.8. The lowest BCUT2D eigenvalue weighted by molar-refractivity contribution is 0.295. The van der Waals surface area contributed by atoms with E-state index in [0.717, 1.165) is 0 Å². The van der Waals surface area contributed by atoms with E-state index in [9.17, 15) is 16.8 Å². The summed E-state index contributed by atoms with van der Waals surface area (Å²) in [5.41, 5.74) is 0. The monoisotopic (exact) mass is 372 g/mol. The lowest BCUT2D eigenvalue weighted by atomic mass is 10.1. The highest BCUT2D eigenvalue weighted by molar-refractivity contribution is 7.92. The van der Waals surface area contributed by atoms with Crippen LogP contribution in [0.2, 0.25) is 0 Å². The van der Waals surface area contributed by atoms with Gasteiger partial charge in [0.05, 0.1) is 21.3 Å². The van der Waals surface area contributed by atoms with Gasteiger partial charge in [-0.25, -0.2) is 16.8 Å². The van der Waals surface area contributed by atoms with Crippen molar-refractivity contribution in [3.8, 4) is 0 Å². The third-order valence-corrected chi connectivity index (χ3v) is 7.36. The summed E-state index contributed by atoms with van der Waals surface area (Å²) >= 11 is 0. The van der Waals surface area contributed by atoms with E-state index in [1.807, 2.05) is 0 Å². The van der Waals surface area contributed by atoms with Gasteiger partial charge in [-0.1, -0.05) is 24.3 Å². The van der Waals surface area contributed by atoms with Gasteiger partial charge in [-0.05, 0) is 25.0 Å². The van der Waals surface area contributed by atoms with Crippen LogP contribution in [0.25, 0.3) is 10.8 Å². The fourth-order valence-corrected chi connectivity index (χ4v) is 5.58. The smallest absolute Gasteiger partial charge is 0.179 e. The second-order valence-electron chi connectivity index (χ2n) is 5.40. The van der Waals surface area contributed by atoms with E-state index in [2.05, 4.69) is 0 Å². The molecule has 2 N–H and O–H groups in total. The van der Waals surface area contributed by atoms with Crippen molar-refractivity contribution < 1.29 is 27.0 Å². The molecule has 2 aromatic carbocycles. The molecule has 0 aliphatic heterocycles. The largest absolute Gasteiger partial charge is 0.396 e. The maximum Gasteiger partial charge on any atom is 0.179 e. The Bertz CT molecular complexity index is 839. The summed E-state index contributed by atoms with van der Waals surface area (Å²) in [6.45, 7) is -0.463. The molecule has 6 nitrogen and oxygen atoms in total.